The van der Waals surface area contributed by atoms with Gasteiger partial charge >= 0.3 is 5.97 Å². The van der Waals surface area contributed by atoms with Gasteiger partial charge in [0.1, 0.15) is 5.54 Å². The molecule has 0 rings (SSSR count). The Balaban J connectivity index is 3.67. The summed E-state index contributed by atoms with van der Waals surface area (Å²) < 4.78 is 10.3. The highest BCUT2D eigenvalue weighted by Gasteiger charge is 2.31. The van der Waals surface area contributed by atoms with Gasteiger partial charge in [-0.15, -0.1) is 0 Å². The second-order valence-electron chi connectivity index (χ2n) is 4.50. The van der Waals surface area contributed by atoms with Crippen LogP contribution >= 0.6 is 0 Å². The van der Waals surface area contributed by atoms with Crippen LogP contribution in [-0.4, -0.2) is 38.9 Å². The van der Waals surface area contributed by atoms with Crippen molar-refractivity contribution in [1.29, 1.82) is 0 Å². The van der Waals surface area contributed by atoms with Gasteiger partial charge in [0.2, 0.25) is 0 Å². The second-order valence-corrected chi connectivity index (χ2v) is 4.50. The van der Waals surface area contributed by atoms with Gasteiger partial charge in [-0.3, -0.25) is 4.79 Å². The third kappa shape index (κ3) is 6.64. The Bertz CT molecular complexity index is 209. The summed E-state index contributed by atoms with van der Waals surface area (Å²) in [5.41, 5.74) is -0.596. The molecule has 17 heavy (non-hydrogen) atoms. The predicted octanol–water partition coefficient (Wildman–Crippen LogP) is 2.12. The SMILES string of the molecule is CCCCCOCCCC(C)(NC)C(=O)OC. The summed E-state index contributed by atoms with van der Waals surface area (Å²) in [6.07, 6.45) is 5.14. The molecular formula is C13H27NO3. The van der Waals surface area contributed by atoms with E-state index in [1.807, 2.05) is 6.92 Å². The molecule has 0 aromatic heterocycles. The summed E-state index contributed by atoms with van der Waals surface area (Å²) in [5.74, 6) is -0.217. The van der Waals surface area contributed by atoms with Crippen LogP contribution in [0.5, 0.6) is 0 Å². The van der Waals surface area contributed by atoms with Gasteiger partial charge in [-0.05, 0) is 33.2 Å². The first-order chi connectivity index (χ1) is 8.10. The number of rotatable bonds is 10. The van der Waals surface area contributed by atoms with E-state index < -0.39 is 5.54 Å². The van der Waals surface area contributed by atoms with Crippen LogP contribution in [-0.2, 0) is 14.3 Å². The molecule has 0 radical (unpaired) electrons. The fourth-order valence-electron chi connectivity index (χ4n) is 1.64. The van der Waals surface area contributed by atoms with E-state index >= 15 is 0 Å². The number of methoxy groups -OCH3 is 1. The molecule has 0 fully saturated rings. The smallest absolute Gasteiger partial charge is 0.325 e. The van der Waals surface area contributed by atoms with E-state index in [1.165, 1.54) is 20.0 Å². The zero-order valence-electron chi connectivity index (χ0n) is 11.7. The van der Waals surface area contributed by atoms with Crippen molar-refractivity contribution in [2.75, 3.05) is 27.4 Å². The zero-order chi connectivity index (χ0) is 13.1. The lowest BCUT2D eigenvalue weighted by atomic mass is 9.96. The molecule has 0 bridgehead atoms. The highest BCUT2D eigenvalue weighted by Crippen LogP contribution is 2.13. The number of carbonyl (C=O) groups is 1. The van der Waals surface area contributed by atoms with E-state index in [4.69, 9.17) is 9.47 Å². The molecule has 0 aromatic carbocycles. The molecule has 1 atom stereocenters. The average molecular weight is 245 g/mol. The van der Waals surface area contributed by atoms with Gasteiger partial charge in [0, 0.05) is 13.2 Å². The Kier molecular flexibility index (Phi) is 9.09. The van der Waals surface area contributed by atoms with Crippen LogP contribution in [0, 0.1) is 0 Å². The van der Waals surface area contributed by atoms with Gasteiger partial charge in [0.25, 0.3) is 0 Å². The standard InChI is InChI=1S/C13H27NO3/c1-5-6-7-10-17-11-8-9-13(2,14-3)12(15)16-4/h14H,5-11H2,1-4H3. The average Bonchev–Trinajstić information content (AvgIpc) is 2.36. The molecule has 0 amide bonds. The number of carbonyl (C=O) groups excluding carboxylic acids is 1. The van der Waals surface area contributed by atoms with E-state index in [-0.39, 0.29) is 5.97 Å². The van der Waals surface area contributed by atoms with Crippen LogP contribution in [0.1, 0.15) is 46.0 Å². The van der Waals surface area contributed by atoms with Crippen LogP contribution < -0.4 is 5.32 Å². The quantitative estimate of drug-likeness (QED) is 0.473. The molecule has 4 nitrogen and oxygen atoms in total. The Morgan fingerprint density at radius 3 is 2.41 bits per heavy atom. The van der Waals surface area contributed by atoms with Crippen molar-refractivity contribution in [2.45, 2.75) is 51.5 Å². The van der Waals surface area contributed by atoms with Gasteiger partial charge in [0.15, 0.2) is 0 Å². The van der Waals surface area contributed by atoms with Gasteiger partial charge in [-0.25, -0.2) is 0 Å². The molecule has 102 valence electrons. The molecule has 1 unspecified atom stereocenters. The molecule has 0 aliphatic heterocycles. The normalized spacial score (nSPS) is 14.4. The predicted molar refractivity (Wildman–Crippen MR) is 69.1 cm³/mol. The Hall–Kier alpha value is -0.610. The first-order valence-corrected chi connectivity index (χ1v) is 6.45. The van der Waals surface area contributed by atoms with Crippen molar-refractivity contribution < 1.29 is 14.3 Å². The second kappa shape index (κ2) is 9.42. The Morgan fingerprint density at radius 1 is 1.24 bits per heavy atom. The first-order valence-electron chi connectivity index (χ1n) is 6.45. The molecular weight excluding hydrogens is 218 g/mol. The number of hydrogen-bond acceptors (Lipinski definition) is 4. The van der Waals surface area contributed by atoms with Crippen molar-refractivity contribution in [3.8, 4) is 0 Å². The maximum Gasteiger partial charge on any atom is 0.325 e. The summed E-state index contributed by atoms with van der Waals surface area (Å²) in [6.45, 7) is 5.56. The summed E-state index contributed by atoms with van der Waals surface area (Å²) in [6, 6.07) is 0. The minimum absolute atomic E-state index is 0.217. The summed E-state index contributed by atoms with van der Waals surface area (Å²) >= 11 is 0. The number of unbranched alkanes of at least 4 members (excludes halogenated alkanes) is 2. The van der Waals surface area contributed by atoms with Crippen molar-refractivity contribution in [3.05, 3.63) is 0 Å². The van der Waals surface area contributed by atoms with E-state index in [2.05, 4.69) is 12.2 Å². The maximum atomic E-state index is 11.5. The van der Waals surface area contributed by atoms with Crippen molar-refractivity contribution >= 4 is 5.97 Å². The van der Waals surface area contributed by atoms with Gasteiger partial charge in [-0.1, -0.05) is 19.8 Å². The lowest BCUT2D eigenvalue weighted by molar-refractivity contribution is -0.148. The molecule has 0 aliphatic carbocycles. The number of ether oxygens (including phenoxy) is 2. The van der Waals surface area contributed by atoms with Crippen molar-refractivity contribution in [1.82, 2.24) is 5.32 Å². The zero-order valence-corrected chi connectivity index (χ0v) is 11.7. The Labute approximate surface area is 105 Å². The van der Waals surface area contributed by atoms with Crippen LogP contribution in [0.25, 0.3) is 0 Å². The third-order valence-corrected chi connectivity index (χ3v) is 3.05. The molecule has 4 heteroatoms. The molecule has 1 N–H and O–H groups in total. The molecule has 0 spiro atoms. The minimum atomic E-state index is -0.596. The fraction of sp³-hybridized carbons (Fsp3) is 0.923. The highest BCUT2D eigenvalue weighted by atomic mass is 16.5. The molecule has 0 saturated carbocycles. The minimum Gasteiger partial charge on any atom is -0.468 e. The first kappa shape index (κ1) is 16.4. The third-order valence-electron chi connectivity index (χ3n) is 3.05. The van der Waals surface area contributed by atoms with E-state index in [9.17, 15) is 4.79 Å². The van der Waals surface area contributed by atoms with E-state index in [1.54, 1.807) is 7.05 Å². The lowest BCUT2D eigenvalue weighted by Gasteiger charge is -2.25. The van der Waals surface area contributed by atoms with Gasteiger partial charge in [0.05, 0.1) is 7.11 Å². The summed E-state index contributed by atoms with van der Waals surface area (Å²) in [4.78, 5) is 11.5. The van der Waals surface area contributed by atoms with Crippen LogP contribution in [0.3, 0.4) is 0 Å². The van der Waals surface area contributed by atoms with E-state index in [0.29, 0.717) is 6.61 Å². The number of likely N-dealkylation sites (N-methyl/N-ethyl adjacent to an activating group) is 1. The largest absolute Gasteiger partial charge is 0.468 e. The fourth-order valence-corrected chi connectivity index (χ4v) is 1.64. The Morgan fingerprint density at radius 2 is 1.88 bits per heavy atom. The molecule has 0 saturated heterocycles. The van der Waals surface area contributed by atoms with Crippen molar-refractivity contribution in [3.63, 3.8) is 0 Å². The van der Waals surface area contributed by atoms with Gasteiger partial charge in [-0.2, -0.15) is 0 Å². The van der Waals surface area contributed by atoms with Crippen LogP contribution in [0.2, 0.25) is 0 Å². The number of esters is 1. The number of hydrogen-bond donors (Lipinski definition) is 1. The monoisotopic (exact) mass is 245 g/mol. The summed E-state index contributed by atoms with van der Waals surface area (Å²) in [7, 11) is 3.19. The lowest BCUT2D eigenvalue weighted by Crippen LogP contribution is -2.48. The topological polar surface area (TPSA) is 47.6 Å². The van der Waals surface area contributed by atoms with E-state index in [0.717, 1.165) is 25.9 Å². The summed E-state index contributed by atoms with van der Waals surface area (Å²) in [5, 5.41) is 3.01. The van der Waals surface area contributed by atoms with Crippen molar-refractivity contribution in [2.24, 2.45) is 0 Å². The van der Waals surface area contributed by atoms with Crippen LogP contribution in [0.15, 0.2) is 0 Å². The maximum absolute atomic E-state index is 11.5. The van der Waals surface area contributed by atoms with Gasteiger partial charge < -0.3 is 14.8 Å². The molecule has 0 aliphatic rings. The highest BCUT2D eigenvalue weighted by molar-refractivity contribution is 5.80. The van der Waals surface area contributed by atoms with Crippen LogP contribution in [0.4, 0.5) is 0 Å². The molecule has 0 heterocycles. The number of nitrogens with one attached hydrogen (secondary N) is 1. The molecule has 0 aromatic rings.